The van der Waals surface area contributed by atoms with E-state index in [9.17, 15) is 13.2 Å². The number of carbonyl (C=O) groups is 1. The molecule has 2 aromatic heterocycles. The Kier molecular flexibility index (Phi) is 8.94. The van der Waals surface area contributed by atoms with E-state index in [-0.39, 0.29) is 29.0 Å². The van der Waals surface area contributed by atoms with Gasteiger partial charge in [0.05, 0.1) is 10.6 Å². The van der Waals surface area contributed by atoms with E-state index in [0.29, 0.717) is 40.5 Å². The number of anilines is 2. The summed E-state index contributed by atoms with van der Waals surface area (Å²) in [6, 6.07) is 16.8. The van der Waals surface area contributed by atoms with Gasteiger partial charge in [0.2, 0.25) is 5.91 Å². The van der Waals surface area contributed by atoms with Crippen LogP contribution in [0.5, 0.6) is 5.75 Å². The number of aryl methyl sites for hydroxylation is 2. The van der Waals surface area contributed by atoms with Crippen molar-refractivity contribution in [2.24, 2.45) is 0 Å². The molecule has 0 aliphatic heterocycles. The topological polar surface area (TPSA) is 141 Å². The average molecular weight is 566 g/mol. The van der Waals surface area contributed by atoms with Crippen LogP contribution >= 0.6 is 11.8 Å². The number of hydrogen-bond acceptors (Lipinski definition) is 9. The first kappa shape index (κ1) is 27.8. The lowest BCUT2D eigenvalue weighted by Gasteiger charge is -2.10. The molecule has 0 aliphatic rings. The Hall–Kier alpha value is -4.23. The van der Waals surface area contributed by atoms with Crippen molar-refractivity contribution in [2.45, 2.75) is 37.1 Å². The number of allylic oxidation sites excluding steroid dienone is 1. The molecule has 4 rings (SSSR count). The molecule has 0 radical (unpaired) electrons. The van der Waals surface area contributed by atoms with E-state index in [4.69, 9.17) is 4.74 Å². The number of nitrogens with one attached hydrogen (secondary N) is 2. The van der Waals surface area contributed by atoms with Crippen LogP contribution < -0.4 is 14.8 Å². The molecule has 202 valence electrons. The molecule has 13 heteroatoms. The minimum atomic E-state index is -3.86. The normalized spacial score (nSPS) is 11.1. The van der Waals surface area contributed by atoms with Crippen LogP contribution in [0.1, 0.15) is 17.3 Å². The van der Waals surface area contributed by atoms with Crippen molar-refractivity contribution < 1.29 is 17.9 Å². The summed E-state index contributed by atoms with van der Waals surface area (Å²) in [7, 11) is -3.86. The van der Waals surface area contributed by atoms with Crippen molar-refractivity contribution >= 4 is 39.2 Å². The third-order valence-electron chi connectivity index (χ3n) is 5.20. The molecule has 39 heavy (non-hydrogen) atoms. The van der Waals surface area contributed by atoms with E-state index in [1.165, 1.54) is 36.0 Å². The summed E-state index contributed by atoms with van der Waals surface area (Å²) in [6.07, 6.45) is 1.72. The molecule has 4 aromatic rings. The number of ether oxygens (including phenoxy) is 1. The highest BCUT2D eigenvalue weighted by Gasteiger charge is 2.17. The van der Waals surface area contributed by atoms with E-state index in [1.54, 1.807) is 26.0 Å². The van der Waals surface area contributed by atoms with Crippen LogP contribution in [-0.2, 0) is 28.0 Å². The lowest BCUT2D eigenvalue weighted by molar-refractivity contribution is -0.113. The lowest BCUT2D eigenvalue weighted by Crippen LogP contribution is -2.16. The Morgan fingerprint density at radius 1 is 1.08 bits per heavy atom. The molecule has 1 amide bonds. The summed E-state index contributed by atoms with van der Waals surface area (Å²) in [5.41, 5.74) is 1.10. The molecule has 2 N–H and O–H groups in total. The van der Waals surface area contributed by atoms with Gasteiger partial charge in [-0.2, -0.15) is 0 Å². The summed E-state index contributed by atoms with van der Waals surface area (Å²) < 4.78 is 35.5. The summed E-state index contributed by atoms with van der Waals surface area (Å²) in [5, 5.41) is 11.7. The number of amides is 1. The number of rotatable bonds is 12. The molecule has 0 bridgehead atoms. The first-order chi connectivity index (χ1) is 18.7. The number of carbonyl (C=O) groups excluding carboxylic acids is 1. The van der Waals surface area contributed by atoms with Crippen LogP contribution in [0, 0.1) is 13.8 Å². The molecule has 0 saturated carbocycles. The van der Waals surface area contributed by atoms with Gasteiger partial charge in [-0.3, -0.25) is 14.1 Å². The molecule has 0 unspecified atom stereocenters. The van der Waals surface area contributed by atoms with Crippen molar-refractivity contribution in [3.8, 4) is 5.75 Å². The summed E-state index contributed by atoms with van der Waals surface area (Å²) >= 11 is 1.22. The predicted molar refractivity (Wildman–Crippen MR) is 149 cm³/mol. The molecule has 0 aliphatic carbocycles. The van der Waals surface area contributed by atoms with Gasteiger partial charge in [0.15, 0.2) is 11.0 Å². The fourth-order valence-electron chi connectivity index (χ4n) is 3.52. The number of hydrogen-bond donors (Lipinski definition) is 2. The minimum Gasteiger partial charge on any atom is -0.486 e. The zero-order valence-electron chi connectivity index (χ0n) is 21.4. The van der Waals surface area contributed by atoms with Crippen LogP contribution in [0.2, 0.25) is 0 Å². The number of nitrogens with zero attached hydrogens (tertiary/aromatic N) is 5. The van der Waals surface area contributed by atoms with Crippen LogP contribution in [0.15, 0.2) is 83.4 Å². The fraction of sp³-hybridized carbons (Fsp3) is 0.192. The molecule has 0 fully saturated rings. The number of sulfonamides is 1. The highest BCUT2D eigenvalue weighted by molar-refractivity contribution is 7.99. The Bertz CT molecular complexity index is 1540. The Morgan fingerprint density at radius 2 is 1.82 bits per heavy atom. The maximum absolute atomic E-state index is 12.7. The van der Waals surface area contributed by atoms with Crippen molar-refractivity contribution in [3.63, 3.8) is 0 Å². The highest BCUT2D eigenvalue weighted by Crippen LogP contribution is 2.21. The second kappa shape index (κ2) is 12.5. The van der Waals surface area contributed by atoms with Crippen LogP contribution in [0.3, 0.4) is 0 Å². The van der Waals surface area contributed by atoms with Crippen molar-refractivity contribution in [2.75, 3.05) is 15.8 Å². The molecule has 11 nitrogen and oxygen atoms in total. The maximum Gasteiger partial charge on any atom is 0.263 e. The number of benzene rings is 2. The molecular weight excluding hydrogens is 538 g/mol. The van der Waals surface area contributed by atoms with E-state index in [0.717, 1.165) is 0 Å². The molecule has 2 aromatic carbocycles. The Morgan fingerprint density at radius 3 is 2.51 bits per heavy atom. The number of aromatic nitrogens is 5. The summed E-state index contributed by atoms with van der Waals surface area (Å²) in [4.78, 5) is 20.9. The Labute approximate surface area is 230 Å². The number of para-hydroxylation sites is 1. The third-order valence-corrected chi connectivity index (χ3v) is 7.54. The van der Waals surface area contributed by atoms with Gasteiger partial charge in [0.1, 0.15) is 24.0 Å². The largest absolute Gasteiger partial charge is 0.486 e. The first-order valence-electron chi connectivity index (χ1n) is 11.8. The van der Waals surface area contributed by atoms with Gasteiger partial charge in [-0.1, -0.05) is 36.0 Å². The van der Waals surface area contributed by atoms with Crippen LogP contribution in [0.25, 0.3) is 0 Å². The maximum atomic E-state index is 12.7. The average Bonchev–Trinajstić information content (AvgIpc) is 3.28. The predicted octanol–water partition coefficient (Wildman–Crippen LogP) is 3.98. The van der Waals surface area contributed by atoms with Crippen molar-refractivity contribution in [1.82, 2.24) is 24.7 Å². The second-order valence-corrected chi connectivity index (χ2v) is 10.9. The van der Waals surface area contributed by atoms with Gasteiger partial charge in [0.25, 0.3) is 10.0 Å². The SMILES string of the molecule is C=CCn1c(COc2ccccc2)nnc1SCC(=O)Nc1ccc(S(=O)(=O)Nc2cc(C)nc(C)n2)cc1. The van der Waals surface area contributed by atoms with Gasteiger partial charge in [-0.05, 0) is 50.2 Å². The van der Waals surface area contributed by atoms with E-state index >= 15 is 0 Å². The zero-order chi connectivity index (χ0) is 27.8. The smallest absolute Gasteiger partial charge is 0.263 e. The van der Waals surface area contributed by atoms with Gasteiger partial charge in [-0.25, -0.2) is 18.4 Å². The summed E-state index contributed by atoms with van der Waals surface area (Å²) in [6.45, 7) is 7.90. The van der Waals surface area contributed by atoms with Gasteiger partial charge >= 0.3 is 0 Å². The molecule has 0 spiro atoms. The fourth-order valence-corrected chi connectivity index (χ4v) is 5.28. The van der Waals surface area contributed by atoms with Crippen LogP contribution in [-0.4, -0.2) is 44.8 Å². The third kappa shape index (κ3) is 7.65. The standard InChI is InChI=1S/C26H27N7O4S2/c1-4-14-33-24(16-37-21-8-6-5-7-9-21)30-31-26(33)38-17-25(34)29-20-10-12-22(13-11-20)39(35,36)32-23-15-18(2)27-19(3)28-23/h4-13,15H,1,14,16-17H2,2-3H3,(H,29,34)(H,27,28,32). The molecule has 0 saturated heterocycles. The van der Waals surface area contributed by atoms with Gasteiger partial charge < -0.3 is 10.1 Å². The second-order valence-electron chi connectivity index (χ2n) is 8.31. The van der Waals surface area contributed by atoms with E-state index in [1.807, 2.05) is 34.9 Å². The van der Waals surface area contributed by atoms with Gasteiger partial charge in [0, 0.05) is 24.0 Å². The quantitative estimate of drug-likeness (QED) is 0.193. The molecule has 2 heterocycles. The van der Waals surface area contributed by atoms with Crippen LogP contribution in [0.4, 0.5) is 11.5 Å². The van der Waals surface area contributed by atoms with Crippen molar-refractivity contribution in [1.29, 1.82) is 0 Å². The molecular formula is C26H27N7O4S2. The van der Waals surface area contributed by atoms with E-state index < -0.39 is 10.0 Å². The Balaban J connectivity index is 1.34. The highest BCUT2D eigenvalue weighted by atomic mass is 32.2. The van der Waals surface area contributed by atoms with E-state index in [2.05, 4.69) is 36.8 Å². The minimum absolute atomic E-state index is 0.0339. The van der Waals surface area contributed by atoms with Crippen molar-refractivity contribution in [3.05, 3.63) is 90.7 Å². The van der Waals surface area contributed by atoms with Gasteiger partial charge in [-0.15, -0.1) is 16.8 Å². The number of thioether (sulfide) groups is 1. The zero-order valence-corrected chi connectivity index (χ0v) is 23.0. The first-order valence-corrected chi connectivity index (χ1v) is 14.3. The summed E-state index contributed by atoms with van der Waals surface area (Å²) in [5.74, 6) is 1.77. The lowest BCUT2D eigenvalue weighted by atomic mass is 10.3. The monoisotopic (exact) mass is 565 g/mol. The molecule has 0 atom stereocenters.